The molecule has 1 saturated heterocycles. The van der Waals surface area contributed by atoms with E-state index in [-0.39, 0.29) is 48.6 Å². The number of piperidine rings is 1. The molecule has 0 spiro atoms. The normalized spacial score (nSPS) is 22.4. The van der Waals surface area contributed by atoms with Crippen LogP contribution in [0.2, 0.25) is 0 Å². The number of amides is 2. The smallest absolute Gasteiger partial charge is 0.261 e. The van der Waals surface area contributed by atoms with Crippen molar-refractivity contribution in [1.29, 1.82) is 0 Å². The Labute approximate surface area is 258 Å². The van der Waals surface area contributed by atoms with Crippen molar-refractivity contribution < 1.29 is 24.2 Å². The molecular weight excluding hydrogens is 556 g/mol. The Morgan fingerprint density at radius 1 is 1.05 bits per heavy atom. The first-order chi connectivity index (χ1) is 21.0. The number of aliphatic hydroxyl groups is 1. The summed E-state index contributed by atoms with van der Waals surface area (Å²) in [5.74, 6) is 0.125. The molecule has 1 aliphatic carbocycles. The molecule has 3 aliphatic heterocycles. The van der Waals surface area contributed by atoms with Crippen LogP contribution in [0, 0.1) is 0 Å². The van der Waals surface area contributed by atoms with Crippen molar-refractivity contribution in [3.05, 3.63) is 82.1 Å². The number of Topliss-reactive ketones (excluding diaryl/α,β-unsaturated/α-hetero) is 1. The molecule has 6 rings (SSSR count). The number of aliphatic imine (C=N–C) groups is 1. The third-order valence-electron chi connectivity index (χ3n) is 8.90. The van der Waals surface area contributed by atoms with Gasteiger partial charge in [-0.2, -0.15) is 0 Å². The lowest BCUT2D eigenvalue weighted by molar-refractivity contribution is -0.114. The van der Waals surface area contributed by atoms with E-state index in [0.717, 1.165) is 37.2 Å². The number of likely N-dealkylation sites (tertiary alicyclic amines) is 1. The van der Waals surface area contributed by atoms with Crippen molar-refractivity contribution in [2.75, 3.05) is 38.6 Å². The van der Waals surface area contributed by atoms with Crippen LogP contribution in [0.1, 0.15) is 71.9 Å². The van der Waals surface area contributed by atoms with Gasteiger partial charge in [0.1, 0.15) is 18.5 Å². The van der Waals surface area contributed by atoms with Gasteiger partial charge < -0.3 is 20.1 Å². The Balaban J connectivity index is 1.15. The van der Waals surface area contributed by atoms with E-state index in [0.29, 0.717) is 40.3 Å². The zero-order chi connectivity index (χ0) is 31.2. The van der Waals surface area contributed by atoms with E-state index >= 15 is 0 Å². The number of aliphatic hydroxyl groups excluding tert-OH is 1. The topological polar surface area (TPSA) is 112 Å². The number of fused-ring (bicyclic) bond motifs is 2. The number of imide groups is 1. The fourth-order valence-electron chi connectivity index (χ4n) is 6.31. The van der Waals surface area contributed by atoms with Gasteiger partial charge in [-0.1, -0.05) is 39.0 Å². The van der Waals surface area contributed by atoms with Gasteiger partial charge in [-0.15, -0.1) is 0 Å². The Morgan fingerprint density at radius 2 is 1.73 bits per heavy atom. The highest BCUT2D eigenvalue weighted by atomic mass is 16.5. The second-order valence-electron chi connectivity index (χ2n) is 13.2. The number of carbonyl (C=O) groups excluding carboxylic acids is 3. The summed E-state index contributed by atoms with van der Waals surface area (Å²) < 4.78 is 5.78. The van der Waals surface area contributed by atoms with Crippen molar-refractivity contribution in [2.24, 2.45) is 4.99 Å². The van der Waals surface area contributed by atoms with Crippen LogP contribution in [0.5, 0.6) is 5.75 Å². The zero-order valence-electron chi connectivity index (χ0n) is 25.9. The van der Waals surface area contributed by atoms with Gasteiger partial charge in [0.25, 0.3) is 11.8 Å². The molecule has 2 aromatic rings. The van der Waals surface area contributed by atoms with Gasteiger partial charge in [0, 0.05) is 30.3 Å². The summed E-state index contributed by atoms with van der Waals surface area (Å²) in [5.41, 5.74) is 5.34. The number of carbonyl (C=O) groups is 3. The monoisotopic (exact) mass is 596 g/mol. The molecule has 2 amide bonds. The van der Waals surface area contributed by atoms with E-state index in [1.165, 1.54) is 10.5 Å². The zero-order valence-corrected chi connectivity index (χ0v) is 25.9. The molecule has 230 valence electrons. The maximum Gasteiger partial charge on any atom is 0.261 e. The molecule has 2 aromatic carbocycles. The first-order valence-corrected chi connectivity index (χ1v) is 15.4. The molecule has 9 nitrogen and oxygen atoms in total. The summed E-state index contributed by atoms with van der Waals surface area (Å²) in [5, 5.41) is 14.0. The first-order valence-electron chi connectivity index (χ1n) is 15.4. The van der Waals surface area contributed by atoms with Gasteiger partial charge in [0.05, 0.1) is 29.0 Å². The molecule has 0 radical (unpaired) electrons. The van der Waals surface area contributed by atoms with Crippen LogP contribution in [-0.4, -0.2) is 83.7 Å². The minimum Gasteiger partial charge on any atom is -0.491 e. The molecular formula is C35H40N4O5. The molecule has 2 N–H and O–H groups in total. The SMILES string of the molecule is CN1CCC(N2C(=O)c3cc4c(cc3C2=O)NC(=C2C(=O)CC=CC2=NC[C@@H](O)COc2ccc(C(C)(C)C)cc2)C4)CC1. The number of benzene rings is 2. The van der Waals surface area contributed by atoms with E-state index in [9.17, 15) is 19.5 Å². The number of hydrogen-bond acceptors (Lipinski definition) is 8. The van der Waals surface area contributed by atoms with E-state index in [1.807, 2.05) is 24.3 Å². The van der Waals surface area contributed by atoms with Crippen LogP contribution >= 0.6 is 0 Å². The molecule has 0 aromatic heterocycles. The number of nitrogens with zero attached hydrogens (tertiary/aromatic N) is 3. The Morgan fingerprint density at radius 3 is 2.41 bits per heavy atom. The highest BCUT2D eigenvalue weighted by molar-refractivity contribution is 6.29. The molecule has 44 heavy (non-hydrogen) atoms. The van der Waals surface area contributed by atoms with E-state index in [4.69, 9.17) is 4.74 Å². The fraction of sp³-hybridized carbons (Fsp3) is 0.429. The number of ether oxygens (including phenoxy) is 1. The highest BCUT2D eigenvalue weighted by Crippen LogP contribution is 2.38. The Hall–Kier alpha value is -4.08. The number of hydrogen-bond donors (Lipinski definition) is 2. The third-order valence-corrected chi connectivity index (χ3v) is 8.90. The lowest BCUT2D eigenvalue weighted by atomic mass is 9.87. The van der Waals surface area contributed by atoms with E-state index < -0.39 is 6.10 Å². The van der Waals surface area contributed by atoms with Gasteiger partial charge >= 0.3 is 0 Å². The summed E-state index contributed by atoms with van der Waals surface area (Å²) in [7, 11) is 2.05. The average Bonchev–Trinajstić information content (AvgIpc) is 3.51. The number of anilines is 1. The minimum absolute atomic E-state index is 0.0449. The van der Waals surface area contributed by atoms with Crippen LogP contribution in [-0.2, 0) is 16.6 Å². The maximum absolute atomic E-state index is 13.4. The van der Waals surface area contributed by atoms with Crippen LogP contribution in [0.25, 0.3) is 0 Å². The molecule has 9 heteroatoms. The fourth-order valence-corrected chi connectivity index (χ4v) is 6.31. The first kappa shape index (κ1) is 30.0. The predicted octanol–water partition coefficient (Wildman–Crippen LogP) is 4.31. The quantitative estimate of drug-likeness (QED) is 0.378. The molecule has 3 heterocycles. The van der Waals surface area contributed by atoms with Crippen molar-refractivity contribution >= 4 is 29.0 Å². The van der Waals surface area contributed by atoms with Crippen molar-refractivity contribution in [1.82, 2.24) is 9.80 Å². The van der Waals surface area contributed by atoms with E-state index in [2.05, 4.69) is 43.0 Å². The van der Waals surface area contributed by atoms with Gasteiger partial charge in [-0.3, -0.25) is 24.3 Å². The number of allylic oxidation sites excluding steroid dienone is 4. The minimum atomic E-state index is -0.859. The van der Waals surface area contributed by atoms with Gasteiger partial charge in [0.15, 0.2) is 5.78 Å². The number of rotatable bonds is 6. The summed E-state index contributed by atoms with van der Waals surface area (Å²) >= 11 is 0. The van der Waals surface area contributed by atoms with Crippen molar-refractivity contribution in [3.63, 3.8) is 0 Å². The molecule has 0 saturated carbocycles. The number of nitrogens with one attached hydrogen (secondary N) is 1. The van der Waals surface area contributed by atoms with Gasteiger partial charge in [0.2, 0.25) is 0 Å². The molecule has 0 bridgehead atoms. The van der Waals surface area contributed by atoms with Crippen LogP contribution in [0.4, 0.5) is 5.69 Å². The second-order valence-corrected chi connectivity index (χ2v) is 13.2. The van der Waals surface area contributed by atoms with Crippen molar-refractivity contribution in [2.45, 2.75) is 64.0 Å². The summed E-state index contributed by atoms with van der Waals surface area (Å²) in [6, 6.07) is 11.3. The standard InChI is InChI=1S/C35H40N4O5/c1-35(2,3)22-8-10-25(11-9-22)44-20-24(40)19-36-28-6-5-7-31(41)32(28)30-17-21-16-26-27(18-29(21)37-30)34(43)39(33(26)42)23-12-14-38(4)15-13-23/h5-6,8-11,16,18,23-24,37,40H,7,12-15,17,19-20H2,1-4H3/t24-/m1/s1. The third kappa shape index (κ3) is 5.86. The largest absolute Gasteiger partial charge is 0.491 e. The van der Waals surface area contributed by atoms with E-state index in [1.54, 1.807) is 24.3 Å². The highest BCUT2D eigenvalue weighted by Gasteiger charge is 2.42. The van der Waals surface area contributed by atoms with Crippen LogP contribution in [0.15, 0.2) is 64.8 Å². The van der Waals surface area contributed by atoms with Crippen molar-refractivity contribution in [3.8, 4) is 5.75 Å². The summed E-state index contributed by atoms with van der Waals surface area (Å²) in [6.07, 6.45) is 4.95. The molecule has 4 aliphatic rings. The molecule has 1 fully saturated rings. The van der Waals surface area contributed by atoms with Crippen LogP contribution < -0.4 is 10.1 Å². The average molecular weight is 597 g/mol. The van der Waals surface area contributed by atoms with Crippen LogP contribution in [0.3, 0.4) is 0 Å². The predicted molar refractivity (Wildman–Crippen MR) is 170 cm³/mol. The summed E-state index contributed by atoms with van der Waals surface area (Å²) in [6.45, 7) is 8.30. The maximum atomic E-state index is 13.4. The molecule has 1 atom stereocenters. The number of ketones is 1. The second kappa shape index (κ2) is 11.8. The molecule has 0 unspecified atom stereocenters. The van der Waals surface area contributed by atoms with Gasteiger partial charge in [-0.05, 0) is 79.9 Å². The Bertz CT molecular complexity index is 1540. The Kier molecular flexibility index (Phi) is 8.02. The summed E-state index contributed by atoms with van der Waals surface area (Å²) in [4.78, 5) is 48.1. The van der Waals surface area contributed by atoms with Gasteiger partial charge in [-0.25, -0.2) is 0 Å². The lowest BCUT2D eigenvalue weighted by Gasteiger charge is -2.33. The lowest BCUT2D eigenvalue weighted by Crippen LogP contribution is -2.46.